The molecule has 1 amide bonds. The molecular formula is C7H6BrN3O2. The Morgan fingerprint density at radius 1 is 1.31 bits per heavy atom. The second-order valence-corrected chi connectivity index (χ2v) is 2.77. The van der Waals surface area contributed by atoms with Crippen molar-refractivity contribution in [3.63, 3.8) is 0 Å². The summed E-state index contributed by atoms with van der Waals surface area (Å²) in [5.41, 5.74) is 5.19. The van der Waals surface area contributed by atoms with Crippen LogP contribution in [-0.2, 0) is 0 Å². The summed E-state index contributed by atoms with van der Waals surface area (Å²) in [6.45, 7) is 0. The molecule has 68 valence electrons. The number of aromatic nitrogens is 2. The summed E-state index contributed by atoms with van der Waals surface area (Å²) in [7, 11) is 0. The standard InChI is InChI=1S/C7H6BrN3O2/c8-1-6(12)4-2-11-5(3-10-4)7(9)13/h2-3H,1H2,(H2,9,13). The number of carbonyl (C=O) groups is 2. The first-order valence-corrected chi connectivity index (χ1v) is 4.48. The van der Waals surface area contributed by atoms with Crippen molar-refractivity contribution >= 4 is 27.6 Å². The highest BCUT2D eigenvalue weighted by molar-refractivity contribution is 9.09. The maximum Gasteiger partial charge on any atom is 0.268 e. The lowest BCUT2D eigenvalue weighted by atomic mass is 10.3. The normalized spacial score (nSPS) is 9.62. The molecule has 1 heterocycles. The first-order chi connectivity index (χ1) is 6.15. The maximum atomic E-state index is 11.0. The van der Waals surface area contributed by atoms with Gasteiger partial charge in [-0.15, -0.1) is 0 Å². The summed E-state index contributed by atoms with van der Waals surface area (Å²) in [5.74, 6) is -0.853. The number of hydrogen-bond donors (Lipinski definition) is 1. The van der Waals surface area contributed by atoms with E-state index in [4.69, 9.17) is 5.73 Å². The molecule has 13 heavy (non-hydrogen) atoms. The second kappa shape index (κ2) is 4.08. The van der Waals surface area contributed by atoms with Crippen molar-refractivity contribution in [3.8, 4) is 0 Å². The minimum atomic E-state index is -0.662. The SMILES string of the molecule is NC(=O)c1cnc(C(=O)CBr)cn1. The third-order valence-electron chi connectivity index (χ3n) is 1.31. The Morgan fingerprint density at radius 2 is 1.85 bits per heavy atom. The average Bonchev–Trinajstić information content (AvgIpc) is 2.17. The molecule has 0 aromatic carbocycles. The lowest BCUT2D eigenvalue weighted by Gasteiger charge is -1.96. The predicted molar refractivity (Wildman–Crippen MR) is 48.7 cm³/mol. The molecule has 0 saturated heterocycles. The molecule has 0 unspecified atom stereocenters. The van der Waals surface area contributed by atoms with Gasteiger partial charge in [0.2, 0.25) is 0 Å². The highest BCUT2D eigenvalue weighted by atomic mass is 79.9. The minimum absolute atomic E-state index is 0.0473. The number of nitrogens with zero attached hydrogens (tertiary/aromatic N) is 2. The van der Waals surface area contributed by atoms with Crippen molar-refractivity contribution in [1.29, 1.82) is 0 Å². The molecule has 1 aromatic rings. The van der Waals surface area contributed by atoms with Crippen molar-refractivity contribution < 1.29 is 9.59 Å². The van der Waals surface area contributed by atoms with Gasteiger partial charge in [-0.1, -0.05) is 15.9 Å². The summed E-state index contributed by atoms with van der Waals surface area (Å²) >= 11 is 2.99. The van der Waals surface area contributed by atoms with Gasteiger partial charge in [-0.2, -0.15) is 0 Å². The number of rotatable bonds is 3. The molecular weight excluding hydrogens is 238 g/mol. The molecule has 1 rings (SSSR count). The number of halogens is 1. The summed E-state index contributed by atoms with van der Waals surface area (Å²) < 4.78 is 0. The van der Waals surface area contributed by atoms with Gasteiger partial charge in [0.05, 0.1) is 17.7 Å². The van der Waals surface area contributed by atoms with Crippen LogP contribution in [0.15, 0.2) is 12.4 Å². The number of ketones is 1. The van der Waals surface area contributed by atoms with Crippen LogP contribution in [0.1, 0.15) is 21.0 Å². The van der Waals surface area contributed by atoms with Crippen LogP contribution < -0.4 is 5.73 Å². The molecule has 6 heteroatoms. The van der Waals surface area contributed by atoms with E-state index >= 15 is 0 Å². The fraction of sp³-hybridized carbons (Fsp3) is 0.143. The zero-order chi connectivity index (χ0) is 9.84. The van der Waals surface area contributed by atoms with Gasteiger partial charge in [0, 0.05) is 0 Å². The lowest BCUT2D eigenvalue weighted by Crippen LogP contribution is -2.14. The Labute approximate surface area is 82.5 Å². The van der Waals surface area contributed by atoms with Crippen molar-refractivity contribution in [1.82, 2.24) is 9.97 Å². The van der Waals surface area contributed by atoms with Crippen molar-refractivity contribution in [2.24, 2.45) is 5.73 Å². The topological polar surface area (TPSA) is 85.9 Å². The number of nitrogens with two attached hydrogens (primary N) is 1. The summed E-state index contributed by atoms with van der Waals surface area (Å²) in [5, 5.41) is 0.178. The Balaban J connectivity index is 2.93. The molecule has 0 radical (unpaired) electrons. The number of Topliss-reactive ketones (excluding diaryl/α,β-unsaturated/α-hetero) is 1. The molecule has 0 aliphatic carbocycles. The van der Waals surface area contributed by atoms with Crippen molar-refractivity contribution in [2.75, 3.05) is 5.33 Å². The van der Waals surface area contributed by atoms with E-state index < -0.39 is 5.91 Å². The molecule has 0 bridgehead atoms. The van der Waals surface area contributed by atoms with Gasteiger partial charge in [-0.05, 0) is 0 Å². The maximum absolute atomic E-state index is 11.0. The van der Waals surface area contributed by atoms with E-state index in [9.17, 15) is 9.59 Å². The number of hydrogen-bond acceptors (Lipinski definition) is 4. The van der Waals surface area contributed by atoms with Crippen LogP contribution in [0.3, 0.4) is 0 Å². The summed E-state index contributed by atoms with van der Waals surface area (Å²) in [6, 6.07) is 0. The molecule has 0 fully saturated rings. The van der Waals surface area contributed by atoms with E-state index in [1.54, 1.807) is 0 Å². The van der Waals surface area contributed by atoms with E-state index in [0.29, 0.717) is 0 Å². The van der Waals surface area contributed by atoms with Crippen LogP contribution in [-0.4, -0.2) is 27.0 Å². The van der Waals surface area contributed by atoms with Gasteiger partial charge in [-0.25, -0.2) is 9.97 Å². The van der Waals surface area contributed by atoms with Crippen LogP contribution in [0.25, 0.3) is 0 Å². The molecule has 0 saturated carbocycles. The Kier molecular flexibility index (Phi) is 3.07. The number of carbonyl (C=O) groups excluding carboxylic acids is 2. The van der Waals surface area contributed by atoms with Crippen LogP contribution in [0.2, 0.25) is 0 Å². The first-order valence-electron chi connectivity index (χ1n) is 3.36. The van der Waals surface area contributed by atoms with E-state index in [2.05, 4.69) is 25.9 Å². The van der Waals surface area contributed by atoms with Gasteiger partial charge in [0.1, 0.15) is 11.4 Å². The average molecular weight is 244 g/mol. The number of primary amides is 1. The second-order valence-electron chi connectivity index (χ2n) is 2.21. The molecule has 0 spiro atoms. The van der Waals surface area contributed by atoms with Crippen LogP contribution in [0.5, 0.6) is 0 Å². The van der Waals surface area contributed by atoms with Gasteiger partial charge in [0.15, 0.2) is 5.78 Å². The van der Waals surface area contributed by atoms with Gasteiger partial charge >= 0.3 is 0 Å². The quantitative estimate of drug-likeness (QED) is 0.605. The molecule has 0 aliphatic rings. The number of alkyl halides is 1. The molecule has 2 N–H and O–H groups in total. The largest absolute Gasteiger partial charge is 0.364 e. The lowest BCUT2D eigenvalue weighted by molar-refractivity contribution is 0.0987. The van der Waals surface area contributed by atoms with E-state index in [0.717, 1.165) is 0 Å². The van der Waals surface area contributed by atoms with E-state index in [1.165, 1.54) is 12.4 Å². The Morgan fingerprint density at radius 3 is 2.23 bits per heavy atom. The minimum Gasteiger partial charge on any atom is -0.364 e. The highest BCUT2D eigenvalue weighted by Gasteiger charge is 2.07. The Hall–Kier alpha value is -1.30. The predicted octanol–water partition coefficient (Wildman–Crippen LogP) is 0.153. The molecule has 5 nitrogen and oxygen atoms in total. The highest BCUT2D eigenvalue weighted by Crippen LogP contribution is 1.98. The van der Waals surface area contributed by atoms with Crippen LogP contribution >= 0.6 is 15.9 Å². The molecule has 1 aromatic heterocycles. The smallest absolute Gasteiger partial charge is 0.268 e. The fourth-order valence-corrected chi connectivity index (χ4v) is 0.955. The van der Waals surface area contributed by atoms with Gasteiger partial charge in [0.25, 0.3) is 5.91 Å². The monoisotopic (exact) mass is 243 g/mol. The first kappa shape index (κ1) is 9.79. The van der Waals surface area contributed by atoms with Crippen LogP contribution in [0.4, 0.5) is 0 Å². The van der Waals surface area contributed by atoms with Crippen LogP contribution in [0, 0.1) is 0 Å². The zero-order valence-electron chi connectivity index (χ0n) is 6.53. The van der Waals surface area contributed by atoms with Crippen molar-refractivity contribution in [3.05, 3.63) is 23.8 Å². The fourth-order valence-electron chi connectivity index (χ4n) is 0.668. The number of amides is 1. The van der Waals surface area contributed by atoms with E-state index in [-0.39, 0.29) is 22.5 Å². The van der Waals surface area contributed by atoms with Crippen molar-refractivity contribution in [2.45, 2.75) is 0 Å². The third kappa shape index (κ3) is 2.32. The van der Waals surface area contributed by atoms with E-state index in [1.807, 2.05) is 0 Å². The molecule has 0 atom stereocenters. The Bertz CT molecular complexity index is 336. The molecule has 0 aliphatic heterocycles. The zero-order valence-corrected chi connectivity index (χ0v) is 8.11. The third-order valence-corrected chi connectivity index (χ3v) is 1.82. The summed E-state index contributed by atoms with van der Waals surface area (Å²) in [4.78, 5) is 29.0. The van der Waals surface area contributed by atoms with Gasteiger partial charge < -0.3 is 5.73 Å². The van der Waals surface area contributed by atoms with Gasteiger partial charge in [-0.3, -0.25) is 9.59 Å². The summed E-state index contributed by atoms with van der Waals surface area (Å²) in [6.07, 6.45) is 2.40.